The summed E-state index contributed by atoms with van der Waals surface area (Å²) < 4.78 is 23.6. The van der Waals surface area contributed by atoms with E-state index in [2.05, 4.69) is 0 Å². The summed E-state index contributed by atoms with van der Waals surface area (Å²) in [5.74, 6) is -3.27. The molecule has 0 saturated carbocycles. The molecule has 2 aliphatic carbocycles. The zero-order chi connectivity index (χ0) is 28.7. The lowest BCUT2D eigenvalue weighted by Crippen LogP contribution is -2.21. The molecule has 0 radical (unpaired) electrons. The fourth-order valence-electron chi connectivity index (χ4n) is 4.36. The number of benzene rings is 3. The minimum absolute atomic E-state index is 0.00337. The Morgan fingerprint density at radius 3 is 1.60 bits per heavy atom. The van der Waals surface area contributed by atoms with E-state index in [-0.39, 0.29) is 43.8 Å². The predicted octanol–water partition coefficient (Wildman–Crippen LogP) is 6.40. The third kappa shape index (κ3) is 4.37. The van der Waals surface area contributed by atoms with Gasteiger partial charge in [-0.15, -0.1) is 0 Å². The molecule has 1 aromatic heterocycles. The minimum atomic E-state index is -0.810. The zero-order valence-corrected chi connectivity index (χ0v) is 21.9. The van der Waals surface area contributed by atoms with Crippen LogP contribution in [0.1, 0.15) is 63.1 Å². The van der Waals surface area contributed by atoms with Gasteiger partial charge in [0, 0.05) is 27.8 Å². The zero-order valence-electron chi connectivity index (χ0n) is 20.4. The number of methoxy groups -OCH3 is 1. The molecule has 2 aliphatic rings. The molecule has 10 heteroatoms. The van der Waals surface area contributed by atoms with Crippen LogP contribution in [0.5, 0.6) is 0 Å². The summed E-state index contributed by atoms with van der Waals surface area (Å²) >= 11 is 11.2. The average Bonchev–Trinajstić information content (AvgIpc) is 3.39. The first-order chi connectivity index (χ1) is 19.1. The second-order valence-corrected chi connectivity index (χ2v) is 9.30. The maximum absolute atomic E-state index is 13.2. The van der Waals surface area contributed by atoms with Crippen molar-refractivity contribution in [2.24, 2.45) is 0 Å². The Morgan fingerprint density at radius 1 is 0.675 bits per heavy atom. The van der Waals surface area contributed by atoms with E-state index in [0.717, 1.165) is 0 Å². The van der Waals surface area contributed by atoms with Gasteiger partial charge in [-0.1, -0.05) is 71.7 Å². The van der Waals surface area contributed by atoms with Gasteiger partial charge >= 0.3 is 5.97 Å². The van der Waals surface area contributed by atoms with Gasteiger partial charge in [0.05, 0.1) is 12.7 Å². The van der Waals surface area contributed by atoms with E-state index >= 15 is 0 Å². The van der Waals surface area contributed by atoms with Crippen molar-refractivity contribution in [3.63, 3.8) is 0 Å². The van der Waals surface area contributed by atoms with E-state index in [4.69, 9.17) is 32.4 Å². The number of fused-ring (bicyclic) bond motifs is 3. The molecule has 0 fully saturated rings. The van der Waals surface area contributed by atoms with Crippen LogP contribution in [-0.4, -0.2) is 36.2 Å². The summed E-state index contributed by atoms with van der Waals surface area (Å²) in [5, 5.41) is -0.397. The van der Waals surface area contributed by atoms with Gasteiger partial charge in [0.25, 0.3) is 0 Å². The number of rotatable bonds is 2. The average molecular weight is 577 g/mol. The van der Waals surface area contributed by atoms with E-state index in [9.17, 15) is 28.4 Å². The SMILES string of the molecule is COC(=O)c1c(-c2ccc(F)cc2)oc2c1C(=O)c1ccccc1C2=O.O=C1C(Cl)=C(Cl)C(=O)c2ccccc21. The van der Waals surface area contributed by atoms with Crippen LogP contribution in [0.2, 0.25) is 0 Å². The van der Waals surface area contributed by atoms with Gasteiger partial charge in [-0.3, -0.25) is 19.2 Å². The second-order valence-electron chi connectivity index (χ2n) is 8.54. The van der Waals surface area contributed by atoms with Crippen molar-refractivity contribution in [1.29, 1.82) is 0 Å². The number of Topliss-reactive ketones (excluding diaryl/α,β-unsaturated/α-hetero) is 2. The highest BCUT2D eigenvalue weighted by atomic mass is 35.5. The van der Waals surface area contributed by atoms with Crippen LogP contribution in [0, 0.1) is 5.82 Å². The van der Waals surface area contributed by atoms with Gasteiger partial charge in [-0.05, 0) is 24.3 Å². The third-order valence-corrected chi connectivity index (χ3v) is 7.08. The molecule has 1 heterocycles. The number of hydrogen-bond acceptors (Lipinski definition) is 7. The lowest BCUT2D eigenvalue weighted by Gasteiger charge is -2.13. The van der Waals surface area contributed by atoms with E-state index in [1.807, 2.05) is 0 Å². The molecule has 0 atom stereocenters. The van der Waals surface area contributed by atoms with Crippen LogP contribution in [-0.2, 0) is 4.74 Å². The Hall–Kier alpha value is -4.66. The summed E-state index contributed by atoms with van der Waals surface area (Å²) in [5.41, 5.74) is 1.12. The Labute approximate surface area is 235 Å². The van der Waals surface area contributed by atoms with Crippen LogP contribution in [0.3, 0.4) is 0 Å². The van der Waals surface area contributed by atoms with Gasteiger partial charge < -0.3 is 9.15 Å². The lowest BCUT2D eigenvalue weighted by atomic mass is 9.86. The van der Waals surface area contributed by atoms with Crippen molar-refractivity contribution < 1.29 is 37.5 Å². The van der Waals surface area contributed by atoms with Crippen molar-refractivity contribution in [2.45, 2.75) is 0 Å². The van der Waals surface area contributed by atoms with E-state index < -0.39 is 34.9 Å². The van der Waals surface area contributed by atoms with E-state index in [0.29, 0.717) is 16.7 Å². The number of allylic oxidation sites excluding steroid dienone is 2. The number of hydrogen-bond donors (Lipinski definition) is 0. The third-order valence-electron chi connectivity index (χ3n) is 6.26. The standard InChI is InChI=1S/C20H11FO5.C10H4Cl2O2/c1-25-20(24)15-14-16(22)12-4-2-3-5-13(12)17(23)19(14)26-18(15)10-6-8-11(21)9-7-10;11-7-8(12)10(14)6-4-2-1-3-5(6)9(7)13/h2-9H,1H3;1-4H. The molecule has 7 nitrogen and oxygen atoms in total. The molecule has 0 spiro atoms. The molecule has 0 aliphatic heterocycles. The maximum atomic E-state index is 13.2. The number of carbonyl (C=O) groups is 5. The van der Waals surface area contributed by atoms with Crippen molar-refractivity contribution in [1.82, 2.24) is 0 Å². The largest absolute Gasteiger partial charge is 0.465 e. The molecule has 40 heavy (non-hydrogen) atoms. The highest BCUT2D eigenvalue weighted by Gasteiger charge is 2.40. The summed E-state index contributed by atoms with van der Waals surface area (Å²) in [7, 11) is 1.17. The topological polar surface area (TPSA) is 108 Å². The van der Waals surface area contributed by atoms with Gasteiger partial charge in [0.15, 0.2) is 11.5 Å². The summed E-state index contributed by atoms with van der Waals surface area (Å²) in [6, 6.07) is 18.0. The summed E-state index contributed by atoms with van der Waals surface area (Å²) in [6.45, 7) is 0. The fraction of sp³-hybridized carbons (Fsp3) is 0.0333. The molecule has 4 aromatic rings. The summed E-state index contributed by atoms with van der Waals surface area (Å²) in [4.78, 5) is 61.1. The van der Waals surface area contributed by atoms with E-state index in [1.165, 1.54) is 43.5 Å². The molecule has 0 N–H and O–H groups in total. The van der Waals surface area contributed by atoms with Crippen LogP contribution >= 0.6 is 23.2 Å². The molecule has 0 amide bonds. The highest BCUT2D eigenvalue weighted by Crippen LogP contribution is 2.38. The van der Waals surface area contributed by atoms with E-state index in [1.54, 1.807) is 36.4 Å². The number of ether oxygens (including phenoxy) is 1. The van der Waals surface area contributed by atoms with Crippen LogP contribution in [0.25, 0.3) is 11.3 Å². The molecule has 0 saturated heterocycles. The highest BCUT2D eigenvalue weighted by molar-refractivity contribution is 6.59. The number of carbonyl (C=O) groups excluding carboxylic acids is 5. The molecule has 198 valence electrons. The lowest BCUT2D eigenvalue weighted by molar-refractivity contribution is 0.0598. The molecular formula is C30H15Cl2FO7. The van der Waals surface area contributed by atoms with Gasteiger partial charge in [-0.25, -0.2) is 9.18 Å². The first-order valence-electron chi connectivity index (χ1n) is 11.6. The first kappa shape index (κ1) is 26.9. The Morgan fingerprint density at radius 2 is 1.12 bits per heavy atom. The normalized spacial score (nSPS) is 13.7. The molecule has 0 unspecified atom stereocenters. The Kier molecular flexibility index (Phi) is 7.06. The number of halogens is 3. The van der Waals surface area contributed by atoms with Crippen molar-refractivity contribution >= 4 is 52.3 Å². The first-order valence-corrected chi connectivity index (χ1v) is 12.3. The van der Waals surface area contributed by atoms with Crippen LogP contribution in [0.4, 0.5) is 4.39 Å². The van der Waals surface area contributed by atoms with Crippen molar-refractivity contribution in [3.8, 4) is 11.3 Å². The van der Waals surface area contributed by atoms with Crippen LogP contribution in [0.15, 0.2) is 87.3 Å². The predicted molar refractivity (Wildman–Crippen MR) is 143 cm³/mol. The molecule has 3 aromatic carbocycles. The Balaban J connectivity index is 0.000000194. The van der Waals surface area contributed by atoms with Crippen LogP contribution < -0.4 is 0 Å². The van der Waals surface area contributed by atoms with Crippen molar-refractivity contribution in [2.75, 3.05) is 7.11 Å². The van der Waals surface area contributed by atoms with Crippen molar-refractivity contribution in [3.05, 3.63) is 128 Å². The molecule has 0 bridgehead atoms. The monoisotopic (exact) mass is 576 g/mol. The molecule has 6 rings (SSSR count). The Bertz CT molecular complexity index is 1760. The van der Waals surface area contributed by atoms with Gasteiger partial charge in [0.2, 0.25) is 17.3 Å². The number of esters is 1. The minimum Gasteiger partial charge on any atom is -0.465 e. The molecular weight excluding hydrogens is 562 g/mol. The number of furan rings is 1. The van der Waals surface area contributed by atoms with Gasteiger partial charge in [0.1, 0.15) is 27.2 Å². The maximum Gasteiger partial charge on any atom is 0.342 e. The fourth-order valence-corrected chi connectivity index (χ4v) is 4.74. The second kappa shape index (κ2) is 10.5. The smallest absolute Gasteiger partial charge is 0.342 e. The number of ketones is 4. The quantitative estimate of drug-likeness (QED) is 0.224. The van der Waals surface area contributed by atoms with Gasteiger partial charge in [-0.2, -0.15) is 0 Å². The summed E-state index contributed by atoms with van der Waals surface area (Å²) in [6.07, 6.45) is 0.